The Morgan fingerprint density at radius 3 is 2.39 bits per heavy atom. The maximum absolute atomic E-state index is 15.0. The summed E-state index contributed by atoms with van der Waals surface area (Å²) in [6.07, 6.45) is 9.12. The second kappa shape index (κ2) is 12.8. The van der Waals surface area contributed by atoms with Gasteiger partial charge in [-0.1, -0.05) is 42.9 Å². The zero-order chi connectivity index (χ0) is 45.1. The lowest BCUT2D eigenvalue weighted by Crippen LogP contribution is -2.79. The molecule has 15 rings (SSSR count). The van der Waals surface area contributed by atoms with Crippen molar-refractivity contribution in [2.75, 3.05) is 11.9 Å². The first-order chi connectivity index (χ1) is 31.7. The number of fused-ring (bicyclic) bond motifs is 7. The number of hydrogen-bond acceptors (Lipinski definition) is 12. The predicted octanol–water partition coefficient (Wildman–Crippen LogP) is 6.02. The summed E-state index contributed by atoms with van der Waals surface area (Å²) in [4.78, 5) is 39.8. The second-order valence-corrected chi connectivity index (χ2v) is 22.4. The van der Waals surface area contributed by atoms with Crippen molar-refractivity contribution in [2.24, 2.45) is 21.7 Å². The van der Waals surface area contributed by atoms with E-state index < -0.39 is 64.3 Å². The standard InChI is InChI=1S/C53H54N3O10/c1-25-16-29-36(33(57)17-25)42(60)38-34-18-28-26(37(38)41(29)59)6-15-55-46(28)56-22-35(58)51-24-49(10-4-5-11-49)20-31(51)27-7-14-54-40(27)30-19-52(65-34)44(62)43(61)45(63)53(66-52)39(30)32(51)21-50(47(53)64)13-12-48(23-50)8-2-3-9-48/h6-7,14-19,31,35,43-45,47,58,61-64H,2-5,8-13,20-24H2,1H3,(H,57,60)(H,55,56,59)/q-1/t31-,35-,43+,44+,45-,47+,50-,51+,52+,53-/m0/s1. The Balaban J connectivity index is 1.11. The number of benzene rings is 2. The SMILES string of the molecule is Cc1cc(O)c2c(c1)C(=O)c1c(c3cc4c(nccc14)NC[C@H](O)[C@]14CC5(CCCC5)C[C@H]1c1cc[n-]c1C1=C[C@@]5(O3)O[C@@]3(C1=C4C[C@]1(CCC4(CCCC4)C1)[C@H]3O)[C@@H](O)[C@H](O)[C@H]5O)C2=O. The zero-order valence-corrected chi connectivity index (χ0v) is 36.9. The van der Waals surface area contributed by atoms with Crippen LogP contribution in [0.15, 0.2) is 59.9 Å². The molecule has 0 amide bonds. The highest BCUT2D eigenvalue weighted by molar-refractivity contribution is 6.34. The molecule has 10 atom stereocenters. The topological polar surface area (TPSA) is 213 Å². The number of anilines is 1. The molecule has 0 unspecified atom stereocenters. The van der Waals surface area contributed by atoms with E-state index in [0.29, 0.717) is 64.7 Å². The Morgan fingerprint density at radius 1 is 0.833 bits per heavy atom. The van der Waals surface area contributed by atoms with Crippen molar-refractivity contribution in [3.8, 4) is 11.5 Å². The lowest BCUT2D eigenvalue weighted by molar-refractivity contribution is -0.366. The Bertz CT molecular complexity index is 2960. The van der Waals surface area contributed by atoms with Crippen molar-refractivity contribution in [2.45, 2.75) is 145 Å². The fourth-order valence-electron chi connectivity index (χ4n) is 16.7. The van der Waals surface area contributed by atoms with Gasteiger partial charge in [-0.25, -0.2) is 4.98 Å². The number of carbonyl (C=O) groups is 2. The number of aromatic nitrogens is 2. The van der Waals surface area contributed by atoms with E-state index in [1.54, 1.807) is 43.6 Å². The molecule has 342 valence electrons. The molecule has 4 aromatic rings. The summed E-state index contributed by atoms with van der Waals surface area (Å²) in [5.74, 6) is -4.12. The van der Waals surface area contributed by atoms with Crippen molar-refractivity contribution < 1.29 is 49.7 Å². The van der Waals surface area contributed by atoms with Crippen LogP contribution in [0.4, 0.5) is 5.82 Å². The van der Waals surface area contributed by atoms with Gasteiger partial charge < -0.3 is 50.4 Å². The minimum Gasteiger partial charge on any atom is -0.663 e. The van der Waals surface area contributed by atoms with Crippen LogP contribution in [0.1, 0.15) is 144 Å². The second-order valence-electron chi connectivity index (χ2n) is 22.4. The summed E-state index contributed by atoms with van der Waals surface area (Å²) >= 11 is 0. The molecule has 66 heavy (non-hydrogen) atoms. The molecule has 13 heteroatoms. The predicted molar refractivity (Wildman–Crippen MR) is 239 cm³/mol. The van der Waals surface area contributed by atoms with E-state index in [0.717, 1.165) is 75.3 Å². The third-order valence-electron chi connectivity index (χ3n) is 19.3. The number of carbonyl (C=O) groups excluding carboxylic acids is 2. The summed E-state index contributed by atoms with van der Waals surface area (Å²) in [6, 6.07) is 8.22. The number of phenolic OH excluding ortho intramolecular Hbond substituents is 1. The Kier molecular flexibility index (Phi) is 7.79. The number of nitrogens with zero attached hydrogens (tertiary/aromatic N) is 2. The van der Waals surface area contributed by atoms with E-state index in [2.05, 4.69) is 5.32 Å². The van der Waals surface area contributed by atoms with E-state index in [1.165, 1.54) is 6.07 Å². The van der Waals surface area contributed by atoms with Crippen LogP contribution in [0.5, 0.6) is 11.5 Å². The van der Waals surface area contributed by atoms with Gasteiger partial charge in [-0.2, -0.15) is 6.20 Å². The van der Waals surface area contributed by atoms with Crippen LogP contribution in [0.2, 0.25) is 0 Å². The van der Waals surface area contributed by atoms with Gasteiger partial charge in [0.25, 0.3) is 5.79 Å². The van der Waals surface area contributed by atoms with Crippen LogP contribution >= 0.6 is 0 Å². The van der Waals surface area contributed by atoms with Gasteiger partial charge in [0, 0.05) is 40.1 Å². The van der Waals surface area contributed by atoms with Gasteiger partial charge in [0.2, 0.25) is 5.78 Å². The Morgan fingerprint density at radius 2 is 1.61 bits per heavy atom. The summed E-state index contributed by atoms with van der Waals surface area (Å²) in [6.45, 7) is 1.76. The molecule has 0 radical (unpaired) electrons. The number of aliphatic hydroxyl groups is 5. The van der Waals surface area contributed by atoms with Crippen LogP contribution in [0.3, 0.4) is 0 Å². The third kappa shape index (κ3) is 4.65. The van der Waals surface area contributed by atoms with E-state index in [9.17, 15) is 35.4 Å². The molecule has 5 fully saturated rings. The molecule has 8 bridgehead atoms. The number of nitrogens with one attached hydrogen (secondary N) is 1. The lowest BCUT2D eigenvalue weighted by Gasteiger charge is -2.64. The van der Waals surface area contributed by atoms with Crippen molar-refractivity contribution in [3.05, 3.63) is 99.0 Å². The maximum atomic E-state index is 15.0. The quantitative estimate of drug-likeness (QED) is 0.0949. The number of hydrogen-bond donors (Lipinski definition) is 7. The number of pyridine rings is 1. The van der Waals surface area contributed by atoms with Crippen molar-refractivity contribution in [1.29, 1.82) is 0 Å². The molecule has 1 saturated heterocycles. The Labute approximate surface area is 380 Å². The first-order valence-electron chi connectivity index (χ1n) is 24.2. The van der Waals surface area contributed by atoms with E-state index in [4.69, 9.17) is 19.4 Å². The zero-order valence-electron chi connectivity index (χ0n) is 36.9. The van der Waals surface area contributed by atoms with E-state index in [-0.39, 0.29) is 57.0 Å². The van der Waals surface area contributed by atoms with Crippen molar-refractivity contribution >= 4 is 33.7 Å². The van der Waals surface area contributed by atoms with Gasteiger partial charge in [-0.05, 0) is 140 Å². The van der Waals surface area contributed by atoms with Gasteiger partial charge in [0.1, 0.15) is 29.5 Å². The first-order valence-corrected chi connectivity index (χ1v) is 24.2. The molecule has 7 aliphatic carbocycles. The molecule has 6 heterocycles. The number of rotatable bonds is 0. The molecular weight excluding hydrogens is 839 g/mol. The van der Waals surface area contributed by atoms with Crippen LogP contribution in [-0.2, 0) is 4.74 Å². The van der Waals surface area contributed by atoms with Crippen molar-refractivity contribution in [1.82, 2.24) is 9.97 Å². The fourth-order valence-corrected chi connectivity index (χ4v) is 16.7. The highest BCUT2D eigenvalue weighted by atomic mass is 16.7. The highest BCUT2D eigenvalue weighted by Gasteiger charge is 2.76. The van der Waals surface area contributed by atoms with Gasteiger partial charge in [0.05, 0.1) is 23.3 Å². The molecule has 6 spiro atoms. The molecule has 4 saturated carbocycles. The number of aliphatic hydroxyl groups excluding tert-OH is 5. The van der Waals surface area contributed by atoms with Crippen LogP contribution < -0.4 is 15.0 Å². The largest absolute Gasteiger partial charge is 0.663 e. The average Bonchev–Trinajstić information content (AvgIpc) is 4.16. The van der Waals surface area contributed by atoms with Crippen LogP contribution in [-0.4, -0.2) is 95.6 Å². The van der Waals surface area contributed by atoms with Gasteiger partial charge >= 0.3 is 0 Å². The summed E-state index contributed by atoms with van der Waals surface area (Å²) in [5.41, 5.74) is -0.484. The minimum absolute atomic E-state index is 0.00718. The number of aryl methyl sites for hydroxylation is 1. The third-order valence-corrected chi connectivity index (χ3v) is 19.3. The molecular formula is C53H54N3O10-. The number of aromatic hydroxyl groups is 1. The normalized spacial score (nSPS) is 38.4. The first kappa shape index (κ1) is 40.2. The van der Waals surface area contributed by atoms with Crippen LogP contribution in [0, 0.1) is 28.6 Å². The van der Waals surface area contributed by atoms with E-state index >= 15 is 4.79 Å². The number of ketones is 2. The molecule has 2 aromatic heterocycles. The molecule has 2 aromatic carbocycles. The number of phenols is 1. The molecule has 11 aliphatic rings. The molecule has 7 N–H and O–H groups in total. The monoisotopic (exact) mass is 892 g/mol. The van der Waals surface area contributed by atoms with E-state index in [1.807, 2.05) is 6.07 Å². The van der Waals surface area contributed by atoms with Gasteiger partial charge in [-0.15, -0.1) is 5.69 Å². The van der Waals surface area contributed by atoms with Gasteiger partial charge in [-0.3, -0.25) is 9.59 Å². The fraction of sp³-hybridized carbons (Fsp3) is 0.528. The van der Waals surface area contributed by atoms with Crippen molar-refractivity contribution in [3.63, 3.8) is 0 Å². The van der Waals surface area contributed by atoms with Crippen LogP contribution in [0.25, 0.3) is 16.3 Å². The highest BCUT2D eigenvalue weighted by Crippen LogP contribution is 2.76. The Hall–Kier alpha value is -4.89. The maximum Gasteiger partial charge on any atom is 0.261 e. The summed E-state index contributed by atoms with van der Waals surface area (Å²) < 4.78 is 14.5. The minimum atomic E-state index is -2.40. The average molecular weight is 893 g/mol. The number of ether oxygens (including phenoxy) is 2. The molecule has 4 aliphatic heterocycles. The smallest absolute Gasteiger partial charge is 0.261 e. The summed E-state index contributed by atoms with van der Waals surface area (Å²) in [7, 11) is 0. The van der Waals surface area contributed by atoms with Gasteiger partial charge in [0.15, 0.2) is 17.5 Å². The molecule has 13 nitrogen and oxygen atoms in total. The lowest BCUT2D eigenvalue weighted by atomic mass is 9.50. The summed E-state index contributed by atoms with van der Waals surface area (Å²) in [5, 5.41) is 81.0.